The van der Waals surface area contributed by atoms with E-state index in [1.807, 2.05) is 0 Å². The van der Waals surface area contributed by atoms with E-state index in [1.54, 1.807) is 0 Å². The monoisotopic (exact) mass is 542 g/mol. The number of ether oxygens (including phenoxy) is 1. The number of alkyl halides is 2. The fraction of sp³-hybridized carbons (Fsp3) is 0.474. The van der Waals surface area contributed by atoms with Crippen LogP contribution in [0.15, 0.2) is 24.3 Å². The zero-order valence-electron chi connectivity index (χ0n) is 15.4. The van der Waals surface area contributed by atoms with Gasteiger partial charge in [0.2, 0.25) is 11.8 Å². The van der Waals surface area contributed by atoms with Gasteiger partial charge in [0.05, 0.1) is 16.8 Å². The number of benzene rings is 1. The van der Waals surface area contributed by atoms with Gasteiger partial charge in [-0.15, -0.1) is 0 Å². The first kappa shape index (κ1) is 21.1. The molecule has 0 aromatic heterocycles. The van der Waals surface area contributed by atoms with Crippen LogP contribution in [0.3, 0.4) is 0 Å². The number of imide groups is 1. The molecule has 3 aliphatic rings. The Kier molecular flexibility index (Phi) is 5.52. The number of amides is 2. The maximum absolute atomic E-state index is 12.8. The summed E-state index contributed by atoms with van der Waals surface area (Å²) in [7, 11) is 0. The summed E-state index contributed by atoms with van der Waals surface area (Å²) in [5.41, 5.74) is -0.00915. The summed E-state index contributed by atoms with van der Waals surface area (Å²) in [6.45, 7) is -1.12. The largest absolute Gasteiger partial charge is 0.456 e. The third-order valence-corrected chi connectivity index (χ3v) is 9.34. The normalized spacial score (nSPS) is 31.7. The van der Waals surface area contributed by atoms with Gasteiger partial charge in [0.15, 0.2) is 12.4 Å². The van der Waals surface area contributed by atoms with Crippen molar-refractivity contribution >= 4 is 61.1 Å². The minimum atomic E-state index is -0.856. The molecule has 2 aliphatic carbocycles. The zero-order chi connectivity index (χ0) is 21.7. The molecule has 4 rings (SSSR count). The summed E-state index contributed by atoms with van der Waals surface area (Å²) >= 11 is 7.19. The molecule has 1 saturated heterocycles. The lowest BCUT2D eigenvalue weighted by atomic mass is 9.81. The molecular weight excluding hydrogens is 528 g/mol. The van der Waals surface area contributed by atoms with E-state index in [2.05, 4.69) is 31.9 Å². The molecule has 0 N–H and O–H groups in total. The van der Waals surface area contributed by atoms with E-state index in [1.165, 1.54) is 24.3 Å². The number of ketones is 1. The molecule has 0 spiro atoms. The Morgan fingerprint density at radius 1 is 1.07 bits per heavy atom. The third kappa shape index (κ3) is 3.37. The summed E-state index contributed by atoms with van der Waals surface area (Å²) < 4.78 is 4.94. The molecule has 158 valence electrons. The number of carbonyl (C=O) groups is 4. The van der Waals surface area contributed by atoms with Gasteiger partial charge >= 0.3 is 5.97 Å². The van der Waals surface area contributed by atoms with Crippen LogP contribution in [-0.2, 0) is 19.1 Å². The molecule has 6 atom stereocenters. The summed E-state index contributed by atoms with van der Waals surface area (Å²) in [6.07, 6.45) is 0.792. The molecule has 3 fully saturated rings. The topological polar surface area (TPSA) is 124 Å². The van der Waals surface area contributed by atoms with E-state index in [0.29, 0.717) is 0 Å². The zero-order valence-corrected chi connectivity index (χ0v) is 18.6. The van der Waals surface area contributed by atoms with Crippen LogP contribution in [-0.4, -0.2) is 56.2 Å². The Bertz CT molecular complexity index is 919. The number of nitro groups is 1. The number of carbonyl (C=O) groups excluding carboxylic acids is 4. The van der Waals surface area contributed by atoms with Gasteiger partial charge in [-0.1, -0.05) is 31.9 Å². The SMILES string of the molecule is O=C(CN1C(=O)[C@@H]2[C@@H]3C[C@@H]([C@H](Br)[C@@H]3Br)[C@@H]2C1=O)OCC(=O)c1ccc([N+](=O)[O-])cc1. The second-order valence-electron chi connectivity index (χ2n) is 7.65. The van der Waals surface area contributed by atoms with Crippen LogP contribution in [0.2, 0.25) is 0 Å². The number of likely N-dealkylation sites (tertiary alicyclic amines) is 1. The van der Waals surface area contributed by atoms with Crippen LogP contribution in [0.5, 0.6) is 0 Å². The maximum Gasteiger partial charge on any atom is 0.326 e. The van der Waals surface area contributed by atoms with Crippen molar-refractivity contribution < 1.29 is 28.8 Å². The van der Waals surface area contributed by atoms with Gasteiger partial charge in [0, 0.05) is 27.4 Å². The summed E-state index contributed by atoms with van der Waals surface area (Å²) in [5, 5.41) is 10.7. The van der Waals surface area contributed by atoms with Gasteiger partial charge in [-0.2, -0.15) is 0 Å². The van der Waals surface area contributed by atoms with Crippen molar-refractivity contribution in [3.05, 3.63) is 39.9 Å². The van der Waals surface area contributed by atoms with Crippen molar-refractivity contribution in [3.63, 3.8) is 0 Å². The molecule has 2 saturated carbocycles. The van der Waals surface area contributed by atoms with E-state index in [-0.39, 0.29) is 44.6 Å². The molecule has 1 aliphatic heterocycles. The molecule has 1 aromatic carbocycles. The predicted molar refractivity (Wildman–Crippen MR) is 109 cm³/mol. The molecule has 11 heteroatoms. The van der Waals surface area contributed by atoms with Crippen LogP contribution < -0.4 is 0 Å². The van der Waals surface area contributed by atoms with Crippen molar-refractivity contribution in [1.82, 2.24) is 4.90 Å². The van der Waals surface area contributed by atoms with Crippen LogP contribution in [0.1, 0.15) is 16.8 Å². The first-order valence-corrected chi connectivity index (χ1v) is 11.1. The number of Topliss-reactive ketones (excluding diaryl/α,β-unsaturated/α-hetero) is 1. The van der Waals surface area contributed by atoms with Crippen molar-refractivity contribution in [3.8, 4) is 0 Å². The van der Waals surface area contributed by atoms with Gasteiger partial charge in [0.25, 0.3) is 5.69 Å². The number of nitrogens with zero attached hydrogens (tertiary/aromatic N) is 2. The number of esters is 1. The third-order valence-electron chi connectivity index (χ3n) is 6.13. The fourth-order valence-corrected chi connectivity index (χ4v) is 6.61. The highest BCUT2D eigenvalue weighted by Crippen LogP contribution is 2.60. The van der Waals surface area contributed by atoms with Gasteiger partial charge < -0.3 is 4.74 Å². The van der Waals surface area contributed by atoms with E-state index in [4.69, 9.17) is 4.74 Å². The highest BCUT2D eigenvalue weighted by atomic mass is 79.9. The summed E-state index contributed by atoms with van der Waals surface area (Å²) in [4.78, 5) is 61.0. The Balaban J connectivity index is 1.34. The molecule has 0 radical (unpaired) electrons. The highest BCUT2D eigenvalue weighted by molar-refractivity contribution is 9.12. The van der Waals surface area contributed by atoms with E-state index >= 15 is 0 Å². The van der Waals surface area contributed by atoms with Crippen LogP contribution >= 0.6 is 31.9 Å². The van der Waals surface area contributed by atoms with Gasteiger partial charge in [-0.3, -0.25) is 34.2 Å². The van der Waals surface area contributed by atoms with Crippen molar-refractivity contribution in [2.24, 2.45) is 23.7 Å². The van der Waals surface area contributed by atoms with Gasteiger partial charge in [0.1, 0.15) is 6.54 Å². The lowest BCUT2D eigenvalue weighted by Crippen LogP contribution is -2.38. The molecule has 2 amide bonds. The first-order chi connectivity index (χ1) is 14.2. The van der Waals surface area contributed by atoms with Crippen LogP contribution in [0, 0.1) is 33.8 Å². The number of halogens is 2. The van der Waals surface area contributed by atoms with E-state index in [9.17, 15) is 29.3 Å². The van der Waals surface area contributed by atoms with Crippen molar-refractivity contribution in [2.45, 2.75) is 16.1 Å². The molecule has 0 unspecified atom stereocenters. The smallest absolute Gasteiger partial charge is 0.326 e. The average Bonchev–Trinajstić information content (AvgIpc) is 3.33. The average molecular weight is 544 g/mol. The van der Waals surface area contributed by atoms with Crippen molar-refractivity contribution in [1.29, 1.82) is 0 Å². The minimum Gasteiger partial charge on any atom is -0.456 e. The number of fused-ring (bicyclic) bond motifs is 5. The molecular formula is C19H16Br2N2O7. The number of rotatable bonds is 6. The number of nitro benzene ring substituents is 1. The fourth-order valence-electron chi connectivity index (χ4n) is 4.74. The number of hydrogen-bond donors (Lipinski definition) is 0. The maximum atomic E-state index is 12.8. The second-order valence-corrected chi connectivity index (χ2v) is 9.77. The minimum absolute atomic E-state index is 0.0468. The number of non-ortho nitro benzene ring substituents is 1. The molecule has 2 bridgehead atoms. The Hall–Kier alpha value is -2.14. The molecule has 1 heterocycles. The lowest BCUT2D eigenvalue weighted by molar-refractivity contribution is -0.384. The van der Waals surface area contributed by atoms with Gasteiger partial charge in [-0.05, 0) is 30.4 Å². The molecule has 30 heavy (non-hydrogen) atoms. The first-order valence-electron chi connectivity index (χ1n) is 9.27. The number of hydrogen-bond acceptors (Lipinski definition) is 7. The second kappa shape index (κ2) is 7.84. The Morgan fingerprint density at radius 2 is 1.60 bits per heavy atom. The quantitative estimate of drug-likeness (QED) is 0.134. The highest BCUT2D eigenvalue weighted by Gasteiger charge is 2.66. The summed E-state index contributed by atoms with van der Waals surface area (Å²) in [6, 6.07) is 4.90. The van der Waals surface area contributed by atoms with Crippen LogP contribution in [0.4, 0.5) is 5.69 Å². The Labute approximate surface area is 187 Å². The Morgan fingerprint density at radius 3 is 2.10 bits per heavy atom. The lowest BCUT2D eigenvalue weighted by Gasteiger charge is -2.28. The van der Waals surface area contributed by atoms with E-state index in [0.717, 1.165) is 11.3 Å². The standard InChI is InChI=1S/C19H16Br2N2O7/c20-16-10-5-11(17(16)21)15-14(10)18(26)22(19(15)27)6-13(25)30-7-12(24)8-1-3-9(4-2-8)23(28)29/h1-4,10-11,14-17H,5-7H2/t10-,11+,14+,15-,16+,17-. The van der Waals surface area contributed by atoms with Crippen LogP contribution in [0.25, 0.3) is 0 Å². The predicted octanol–water partition coefficient (Wildman–Crippen LogP) is 2.10. The summed E-state index contributed by atoms with van der Waals surface area (Å²) in [5.74, 6) is -2.87. The van der Waals surface area contributed by atoms with Crippen molar-refractivity contribution in [2.75, 3.05) is 13.2 Å². The molecule has 1 aromatic rings. The molecule has 9 nitrogen and oxygen atoms in total. The van der Waals surface area contributed by atoms with Gasteiger partial charge in [-0.25, -0.2) is 0 Å². The van der Waals surface area contributed by atoms with E-state index < -0.39 is 41.7 Å².